The Morgan fingerprint density at radius 3 is 2.44 bits per heavy atom. The average molecular weight is 361 g/mol. The molecule has 2 aromatic rings. The standard InChI is InChI=1S/C20H25ClN2O2/c1-5-15-6-8-16(9-7-15)12-23(3)13-20(24)22-18-10-14(2)17(21)11-19(18)25-4/h6-11H,5,12-13H2,1-4H3,(H,22,24). The van der Waals surface area contributed by atoms with Gasteiger partial charge in [-0.2, -0.15) is 0 Å². The first-order chi connectivity index (χ1) is 11.9. The molecule has 0 unspecified atom stereocenters. The second-order valence-corrected chi connectivity index (χ2v) is 6.60. The zero-order valence-electron chi connectivity index (χ0n) is 15.2. The number of nitrogens with one attached hydrogen (secondary N) is 1. The molecule has 1 amide bonds. The number of anilines is 1. The van der Waals surface area contributed by atoms with Crippen LogP contribution in [0, 0.1) is 6.92 Å². The quantitative estimate of drug-likeness (QED) is 0.800. The molecular formula is C20H25ClN2O2. The topological polar surface area (TPSA) is 41.6 Å². The third kappa shape index (κ3) is 5.48. The molecule has 134 valence electrons. The number of nitrogens with zero attached hydrogens (tertiary/aromatic N) is 1. The SMILES string of the molecule is CCc1ccc(CN(C)CC(=O)Nc2cc(C)c(Cl)cc2OC)cc1. The summed E-state index contributed by atoms with van der Waals surface area (Å²) in [4.78, 5) is 14.3. The van der Waals surface area contributed by atoms with Gasteiger partial charge in [-0.05, 0) is 43.1 Å². The van der Waals surface area contributed by atoms with Crippen molar-refractivity contribution in [3.63, 3.8) is 0 Å². The van der Waals surface area contributed by atoms with Gasteiger partial charge < -0.3 is 10.1 Å². The van der Waals surface area contributed by atoms with E-state index >= 15 is 0 Å². The summed E-state index contributed by atoms with van der Waals surface area (Å²) in [5, 5.41) is 3.51. The summed E-state index contributed by atoms with van der Waals surface area (Å²) >= 11 is 6.10. The van der Waals surface area contributed by atoms with Crippen molar-refractivity contribution in [1.82, 2.24) is 4.90 Å². The van der Waals surface area contributed by atoms with Crippen molar-refractivity contribution in [1.29, 1.82) is 0 Å². The smallest absolute Gasteiger partial charge is 0.238 e. The minimum Gasteiger partial charge on any atom is -0.495 e. The molecule has 0 saturated heterocycles. The Hall–Kier alpha value is -2.04. The first kappa shape index (κ1) is 19.3. The van der Waals surface area contributed by atoms with Crippen LogP contribution in [-0.4, -0.2) is 31.5 Å². The van der Waals surface area contributed by atoms with E-state index < -0.39 is 0 Å². The molecule has 0 aromatic heterocycles. The Bertz CT molecular complexity index is 729. The van der Waals surface area contributed by atoms with Crippen LogP contribution in [-0.2, 0) is 17.8 Å². The fourth-order valence-electron chi connectivity index (χ4n) is 2.61. The third-order valence-corrected chi connectivity index (χ3v) is 4.46. The van der Waals surface area contributed by atoms with Crippen molar-refractivity contribution >= 4 is 23.2 Å². The molecule has 0 heterocycles. The molecule has 25 heavy (non-hydrogen) atoms. The second kappa shape index (κ2) is 8.88. The summed E-state index contributed by atoms with van der Waals surface area (Å²) in [6, 6.07) is 12.0. The minimum atomic E-state index is -0.0901. The molecule has 0 aliphatic carbocycles. The molecule has 0 atom stereocenters. The minimum absolute atomic E-state index is 0.0901. The molecule has 0 spiro atoms. The van der Waals surface area contributed by atoms with E-state index in [2.05, 4.69) is 36.5 Å². The van der Waals surface area contributed by atoms with E-state index in [9.17, 15) is 4.79 Å². The van der Waals surface area contributed by atoms with Gasteiger partial charge in [-0.3, -0.25) is 9.69 Å². The molecule has 0 aliphatic heterocycles. The number of rotatable bonds is 7. The zero-order valence-corrected chi connectivity index (χ0v) is 16.0. The highest BCUT2D eigenvalue weighted by atomic mass is 35.5. The molecule has 0 fully saturated rings. The number of carbonyl (C=O) groups is 1. The van der Waals surface area contributed by atoms with Gasteiger partial charge in [-0.1, -0.05) is 42.8 Å². The van der Waals surface area contributed by atoms with Crippen LogP contribution in [0.15, 0.2) is 36.4 Å². The van der Waals surface area contributed by atoms with Gasteiger partial charge in [0.15, 0.2) is 0 Å². The fourth-order valence-corrected chi connectivity index (χ4v) is 2.77. The molecule has 0 aliphatic rings. The first-order valence-corrected chi connectivity index (χ1v) is 8.71. The van der Waals surface area contributed by atoms with Crippen molar-refractivity contribution in [2.24, 2.45) is 0 Å². The Labute approximate surface area is 154 Å². The summed E-state index contributed by atoms with van der Waals surface area (Å²) in [7, 11) is 3.49. The largest absolute Gasteiger partial charge is 0.495 e. The lowest BCUT2D eigenvalue weighted by molar-refractivity contribution is -0.117. The van der Waals surface area contributed by atoms with Crippen LogP contribution in [0.1, 0.15) is 23.6 Å². The number of ether oxygens (including phenoxy) is 1. The van der Waals surface area contributed by atoms with Crippen LogP contribution >= 0.6 is 11.6 Å². The van der Waals surface area contributed by atoms with Gasteiger partial charge in [0, 0.05) is 17.6 Å². The maximum Gasteiger partial charge on any atom is 0.238 e. The lowest BCUT2D eigenvalue weighted by Crippen LogP contribution is -2.30. The van der Waals surface area contributed by atoms with Crippen LogP contribution in [0.2, 0.25) is 5.02 Å². The van der Waals surface area contributed by atoms with Gasteiger partial charge in [-0.15, -0.1) is 0 Å². The third-order valence-electron chi connectivity index (χ3n) is 4.05. The molecule has 0 bridgehead atoms. The lowest BCUT2D eigenvalue weighted by atomic mass is 10.1. The molecule has 0 radical (unpaired) electrons. The maximum atomic E-state index is 12.3. The van der Waals surface area contributed by atoms with E-state index in [1.807, 2.05) is 24.9 Å². The lowest BCUT2D eigenvalue weighted by Gasteiger charge is -2.18. The van der Waals surface area contributed by atoms with E-state index in [1.165, 1.54) is 11.1 Å². The monoisotopic (exact) mass is 360 g/mol. The predicted molar refractivity (Wildman–Crippen MR) is 104 cm³/mol. The zero-order chi connectivity index (χ0) is 18.4. The number of hydrogen-bond acceptors (Lipinski definition) is 3. The summed E-state index contributed by atoms with van der Waals surface area (Å²) < 4.78 is 5.29. The Balaban J connectivity index is 1.96. The number of halogens is 1. The average Bonchev–Trinajstić information content (AvgIpc) is 2.58. The van der Waals surface area contributed by atoms with Gasteiger partial charge in [0.1, 0.15) is 5.75 Å². The van der Waals surface area contributed by atoms with E-state index in [4.69, 9.17) is 16.3 Å². The van der Waals surface area contributed by atoms with E-state index in [0.29, 0.717) is 29.5 Å². The highest BCUT2D eigenvalue weighted by molar-refractivity contribution is 6.31. The van der Waals surface area contributed by atoms with Crippen LogP contribution < -0.4 is 10.1 Å². The van der Waals surface area contributed by atoms with Crippen molar-refractivity contribution in [2.75, 3.05) is 26.0 Å². The summed E-state index contributed by atoms with van der Waals surface area (Å²) in [5.74, 6) is 0.467. The number of likely N-dealkylation sites (N-methyl/N-ethyl adjacent to an activating group) is 1. The van der Waals surface area contributed by atoms with Crippen LogP contribution in [0.25, 0.3) is 0 Å². The second-order valence-electron chi connectivity index (χ2n) is 6.19. The summed E-state index contributed by atoms with van der Waals surface area (Å²) in [5.41, 5.74) is 4.03. The van der Waals surface area contributed by atoms with Crippen LogP contribution in [0.3, 0.4) is 0 Å². The molecular weight excluding hydrogens is 336 g/mol. The maximum absolute atomic E-state index is 12.3. The number of methoxy groups -OCH3 is 1. The van der Waals surface area contributed by atoms with Crippen molar-refractivity contribution in [2.45, 2.75) is 26.8 Å². The summed E-state index contributed by atoms with van der Waals surface area (Å²) in [6.45, 7) is 5.04. The Morgan fingerprint density at radius 1 is 1.20 bits per heavy atom. The molecule has 0 saturated carbocycles. The number of amides is 1. The van der Waals surface area contributed by atoms with E-state index in [0.717, 1.165) is 12.0 Å². The van der Waals surface area contributed by atoms with Crippen molar-refractivity contribution in [3.05, 3.63) is 58.1 Å². The normalized spacial score (nSPS) is 10.8. The van der Waals surface area contributed by atoms with Gasteiger partial charge >= 0.3 is 0 Å². The molecule has 2 rings (SSSR count). The van der Waals surface area contributed by atoms with Gasteiger partial charge in [0.25, 0.3) is 0 Å². The Morgan fingerprint density at radius 2 is 1.84 bits per heavy atom. The highest BCUT2D eigenvalue weighted by Crippen LogP contribution is 2.30. The van der Waals surface area contributed by atoms with E-state index in [-0.39, 0.29) is 5.91 Å². The first-order valence-electron chi connectivity index (χ1n) is 8.33. The van der Waals surface area contributed by atoms with Crippen molar-refractivity contribution < 1.29 is 9.53 Å². The van der Waals surface area contributed by atoms with Gasteiger partial charge in [0.05, 0.1) is 19.3 Å². The van der Waals surface area contributed by atoms with Gasteiger partial charge in [0.2, 0.25) is 5.91 Å². The van der Waals surface area contributed by atoms with Crippen LogP contribution in [0.4, 0.5) is 5.69 Å². The number of benzene rings is 2. The highest BCUT2D eigenvalue weighted by Gasteiger charge is 2.12. The molecule has 4 nitrogen and oxygen atoms in total. The molecule has 2 aromatic carbocycles. The fraction of sp³-hybridized carbons (Fsp3) is 0.350. The van der Waals surface area contributed by atoms with Gasteiger partial charge in [-0.25, -0.2) is 0 Å². The number of hydrogen-bond donors (Lipinski definition) is 1. The summed E-state index contributed by atoms with van der Waals surface area (Å²) in [6.07, 6.45) is 1.03. The van der Waals surface area contributed by atoms with E-state index in [1.54, 1.807) is 13.2 Å². The predicted octanol–water partition coefficient (Wildman–Crippen LogP) is 4.29. The molecule has 1 N–H and O–H groups in total. The number of aryl methyl sites for hydroxylation is 2. The number of carbonyl (C=O) groups excluding carboxylic acids is 1. The Kier molecular flexibility index (Phi) is 6.85. The molecule has 5 heteroatoms. The van der Waals surface area contributed by atoms with Crippen LogP contribution in [0.5, 0.6) is 5.75 Å². The van der Waals surface area contributed by atoms with Crippen molar-refractivity contribution in [3.8, 4) is 5.75 Å².